The molecule has 0 saturated carbocycles. The summed E-state index contributed by atoms with van der Waals surface area (Å²) in [6, 6.07) is 3.12. The number of hydrogen-bond acceptors (Lipinski definition) is 5. The Hall–Kier alpha value is -1.48. The molecule has 0 radical (unpaired) electrons. The van der Waals surface area contributed by atoms with Crippen LogP contribution in [0.3, 0.4) is 0 Å². The standard InChI is InChI=1S/C16H25N3O4S/c1-11-7-14(24(21,22)19(3)4)9-15(12(11)2)18-16(20)8-13-10-23-6-5-17-13/h7,9,13,17H,5-6,8,10H2,1-4H3,(H,18,20). The molecule has 0 aromatic heterocycles. The first-order valence-corrected chi connectivity index (χ1v) is 9.30. The van der Waals surface area contributed by atoms with Crippen LogP contribution in [0.5, 0.6) is 0 Å². The molecule has 24 heavy (non-hydrogen) atoms. The van der Waals surface area contributed by atoms with Crippen molar-refractivity contribution in [3.63, 3.8) is 0 Å². The zero-order valence-corrected chi connectivity index (χ0v) is 15.4. The van der Waals surface area contributed by atoms with E-state index in [4.69, 9.17) is 4.74 Å². The monoisotopic (exact) mass is 355 g/mol. The highest BCUT2D eigenvalue weighted by Gasteiger charge is 2.21. The minimum atomic E-state index is -3.55. The molecule has 1 aliphatic heterocycles. The highest BCUT2D eigenvalue weighted by Crippen LogP contribution is 2.25. The summed E-state index contributed by atoms with van der Waals surface area (Å²) in [5.74, 6) is -0.167. The van der Waals surface area contributed by atoms with E-state index in [9.17, 15) is 13.2 Å². The van der Waals surface area contributed by atoms with Crippen molar-refractivity contribution in [3.8, 4) is 0 Å². The lowest BCUT2D eigenvalue weighted by atomic mass is 10.1. The minimum absolute atomic E-state index is 0.0196. The van der Waals surface area contributed by atoms with E-state index in [0.717, 1.165) is 22.0 Å². The Bertz CT molecular complexity index is 710. The molecule has 0 bridgehead atoms. The van der Waals surface area contributed by atoms with E-state index in [1.807, 2.05) is 13.8 Å². The van der Waals surface area contributed by atoms with Gasteiger partial charge in [-0.05, 0) is 37.1 Å². The number of ether oxygens (including phenoxy) is 1. The highest BCUT2D eigenvalue weighted by molar-refractivity contribution is 7.89. The Kier molecular flexibility index (Phi) is 5.97. The number of nitrogens with one attached hydrogen (secondary N) is 2. The molecule has 2 rings (SSSR count). The van der Waals surface area contributed by atoms with Crippen molar-refractivity contribution in [3.05, 3.63) is 23.3 Å². The normalized spacial score (nSPS) is 18.6. The molecule has 7 nitrogen and oxygen atoms in total. The first-order valence-electron chi connectivity index (χ1n) is 7.86. The minimum Gasteiger partial charge on any atom is -0.378 e. The van der Waals surface area contributed by atoms with E-state index in [1.54, 1.807) is 6.07 Å². The van der Waals surface area contributed by atoms with Gasteiger partial charge >= 0.3 is 0 Å². The van der Waals surface area contributed by atoms with Gasteiger partial charge in [-0.1, -0.05) is 0 Å². The quantitative estimate of drug-likeness (QED) is 0.818. The Morgan fingerprint density at radius 2 is 2.08 bits per heavy atom. The summed E-state index contributed by atoms with van der Waals surface area (Å²) in [6.07, 6.45) is 0.281. The first-order chi connectivity index (χ1) is 11.2. The third-order valence-corrected chi connectivity index (χ3v) is 5.92. The van der Waals surface area contributed by atoms with Crippen LogP contribution in [0.15, 0.2) is 17.0 Å². The Morgan fingerprint density at radius 1 is 1.38 bits per heavy atom. The Labute approximate surface area is 143 Å². The number of benzene rings is 1. The van der Waals surface area contributed by atoms with Crippen molar-refractivity contribution in [2.24, 2.45) is 0 Å². The van der Waals surface area contributed by atoms with Crippen molar-refractivity contribution >= 4 is 21.6 Å². The van der Waals surface area contributed by atoms with Crippen LogP contribution in [0.25, 0.3) is 0 Å². The number of aryl methyl sites for hydroxylation is 1. The number of nitrogens with zero attached hydrogens (tertiary/aromatic N) is 1. The largest absolute Gasteiger partial charge is 0.378 e. The van der Waals surface area contributed by atoms with Crippen molar-refractivity contribution in [1.82, 2.24) is 9.62 Å². The second kappa shape index (κ2) is 7.60. The molecule has 0 spiro atoms. The number of hydrogen-bond donors (Lipinski definition) is 2. The van der Waals surface area contributed by atoms with Crippen LogP contribution in [-0.2, 0) is 19.6 Å². The third kappa shape index (κ3) is 4.32. The number of rotatable bonds is 5. The fraction of sp³-hybridized carbons (Fsp3) is 0.562. The molecule has 1 unspecified atom stereocenters. The zero-order chi connectivity index (χ0) is 17.9. The first kappa shape index (κ1) is 18.9. The Morgan fingerprint density at radius 3 is 2.67 bits per heavy atom. The molecule has 2 N–H and O–H groups in total. The second-order valence-electron chi connectivity index (χ2n) is 6.18. The van der Waals surface area contributed by atoms with Crippen molar-refractivity contribution < 1.29 is 17.9 Å². The van der Waals surface area contributed by atoms with Crippen molar-refractivity contribution in [2.45, 2.75) is 31.2 Å². The van der Waals surface area contributed by atoms with Crippen LogP contribution >= 0.6 is 0 Å². The predicted octanol–water partition coefficient (Wildman–Crippen LogP) is 0.871. The van der Waals surface area contributed by atoms with Crippen LogP contribution < -0.4 is 10.6 Å². The summed E-state index contributed by atoms with van der Waals surface area (Å²) in [6.45, 7) is 5.57. The van der Waals surface area contributed by atoms with Gasteiger partial charge in [0.15, 0.2) is 0 Å². The van der Waals surface area contributed by atoms with Crippen molar-refractivity contribution in [1.29, 1.82) is 0 Å². The van der Waals surface area contributed by atoms with E-state index in [0.29, 0.717) is 18.9 Å². The molecule has 1 aromatic carbocycles. The molecule has 134 valence electrons. The average Bonchev–Trinajstić information content (AvgIpc) is 2.52. The molecule has 1 aromatic rings. The van der Waals surface area contributed by atoms with Crippen LogP contribution in [0, 0.1) is 13.8 Å². The van der Waals surface area contributed by atoms with E-state index in [-0.39, 0.29) is 23.3 Å². The molecule has 1 fully saturated rings. The van der Waals surface area contributed by atoms with Crippen molar-refractivity contribution in [2.75, 3.05) is 39.2 Å². The number of anilines is 1. The number of amides is 1. The van der Waals surface area contributed by atoms with Crippen LogP contribution in [0.4, 0.5) is 5.69 Å². The maximum absolute atomic E-state index is 12.3. The fourth-order valence-corrected chi connectivity index (χ4v) is 3.51. The van der Waals surface area contributed by atoms with E-state index in [2.05, 4.69) is 10.6 Å². The second-order valence-corrected chi connectivity index (χ2v) is 8.33. The summed E-state index contributed by atoms with van der Waals surface area (Å²) < 4.78 is 31.2. The van der Waals surface area contributed by atoms with E-state index < -0.39 is 10.0 Å². The topological polar surface area (TPSA) is 87.7 Å². The molecule has 8 heteroatoms. The molecular formula is C16H25N3O4S. The Balaban J connectivity index is 2.20. The lowest BCUT2D eigenvalue weighted by molar-refractivity contribution is -0.117. The molecule has 1 heterocycles. The van der Waals surface area contributed by atoms with Gasteiger partial charge in [0.05, 0.1) is 18.1 Å². The molecule has 1 saturated heterocycles. The molecule has 1 atom stereocenters. The maximum Gasteiger partial charge on any atom is 0.242 e. The summed E-state index contributed by atoms with van der Waals surface area (Å²) in [5, 5.41) is 6.06. The van der Waals surface area contributed by atoms with Gasteiger partial charge in [0.2, 0.25) is 15.9 Å². The van der Waals surface area contributed by atoms with E-state index in [1.165, 1.54) is 20.2 Å². The van der Waals surface area contributed by atoms with Gasteiger partial charge < -0.3 is 15.4 Å². The van der Waals surface area contributed by atoms with Gasteiger partial charge in [-0.3, -0.25) is 4.79 Å². The lowest BCUT2D eigenvalue weighted by Crippen LogP contribution is -2.43. The third-order valence-electron chi connectivity index (χ3n) is 4.12. The fourth-order valence-electron chi connectivity index (χ4n) is 2.49. The summed E-state index contributed by atoms with van der Waals surface area (Å²) >= 11 is 0. The highest BCUT2D eigenvalue weighted by atomic mass is 32.2. The summed E-state index contributed by atoms with van der Waals surface area (Å²) in [4.78, 5) is 12.4. The lowest BCUT2D eigenvalue weighted by Gasteiger charge is -2.23. The zero-order valence-electron chi connectivity index (χ0n) is 14.5. The van der Waals surface area contributed by atoms with Gasteiger partial charge in [0, 0.05) is 38.8 Å². The van der Waals surface area contributed by atoms with Gasteiger partial charge in [0.25, 0.3) is 0 Å². The van der Waals surface area contributed by atoms with E-state index >= 15 is 0 Å². The van der Waals surface area contributed by atoms with Gasteiger partial charge in [0.1, 0.15) is 0 Å². The SMILES string of the molecule is Cc1cc(S(=O)(=O)N(C)C)cc(NC(=O)CC2COCCN2)c1C. The molecule has 1 amide bonds. The number of carbonyl (C=O) groups is 1. The van der Waals surface area contributed by atoms with Gasteiger partial charge in [-0.25, -0.2) is 12.7 Å². The smallest absolute Gasteiger partial charge is 0.242 e. The van der Waals surface area contributed by atoms with Crippen LogP contribution in [-0.4, -0.2) is 58.5 Å². The summed E-state index contributed by atoms with van der Waals surface area (Å²) in [5.41, 5.74) is 2.19. The molecule has 0 aliphatic carbocycles. The average molecular weight is 355 g/mol. The van der Waals surface area contributed by atoms with Crippen LogP contribution in [0.2, 0.25) is 0 Å². The van der Waals surface area contributed by atoms with Gasteiger partial charge in [-0.15, -0.1) is 0 Å². The molecular weight excluding hydrogens is 330 g/mol. The van der Waals surface area contributed by atoms with Crippen LogP contribution in [0.1, 0.15) is 17.5 Å². The van der Waals surface area contributed by atoms with Gasteiger partial charge in [-0.2, -0.15) is 0 Å². The summed E-state index contributed by atoms with van der Waals surface area (Å²) in [7, 11) is -0.585. The predicted molar refractivity (Wildman–Crippen MR) is 92.6 cm³/mol. The number of sulfonamides is 1. The molecule has 1 aliphatic rings. The number of morpholine rings is 1. The maximum atomic E-state index is 12.3. The number of carbonyl (C=O) groups excluding carboxylic acids is 1.